The summed E-state index contributed by atoms with van der Waals surface area (Å²) in [7, 11) is 2.65. The molecule has 2 aromatic rings. The van der Waals surface area contributed by atoms with Crippen molar-refractivity contribution in [1.82, 2.24) is 14.9 Å². The van der Waals surface area contributed by atoms with E-state index in [4.69, 9.17) is 18.9 Å². The number of aromatic nitrogens is 2. The zero-order chi connectivity index (χ0) is 25.3. The van der Waals surface area contributed by atoms with E-state index in [1.165, 1.54) is 26.4 Å². The zero-order valence-electron chi connectivity index (χ0n) is 19.6. The lowest BCUT2D eigenvalue weighted by Gasteiger charge is -2.27. The largest absolute Gasteiger partial charge is 0.497 e. The van der Waals surface area contributed by atoms with Crippen LogP contribution in [0, 0.1) is 0 Å². The smallest absolute Gasteiger partial charge is 0.411 e. The van der Waals surface area contributed by atoms with E-state index in [1.807, 2.05) is 0 Å². The first-order valence-electron chi connectivity index (χ1n) is 10.5. The number of nitrogens with zero attached hydrogens (tertiary/aromatic N) is 3. The third-order valence-electron chi connectivity index (χ3n) is 5.05. The minimum atomic E-state index is -3.54. The van der Waals surface area contributed by atoms with Gasteiger partial charge < -0.3 is 18.9 Å². The number of benzene rings is 1. The van der Waals surface area contributed by atoms with Crippen molar-refractivity contribution >= 4 is 23.1 Å². The monoisotopic (exact) mass is 479 g/mol. The molecule has 0 spiro atoms. The van der Waals surface area contributed by atoms with Gasteiger partial charge in [0.05, 0.1) is 31.8 Å². The minimum absolute atomic E-state index is 0.0111. The second kappa shape index (κ2) is 9.40. The van der Waals surface area contributed by atoms with E-state index in [1.54, 1.807) is 26.8 Å². The molecule has 1 fully saturated rings. The van der Waals surface area contributed by atoms with E-state index in [2.05, 4.69) is 16.5 Å². The number of ether oxygens (including phenoxy) is 4. The first-order chi connectivity index (χ1) is 15.9. The van der Waals surface area contributed by atoms with Gasteiger partial charge in [0.1, 0.15) is 23.5 Å². The van der Waals surface area contributed by atoms with Crippen molar-refractivity contribution < 1.29 is 37.3 Å². The Morgan fingerprint density at radius 3 is 2.47 bits per heavy atom. The molecule has 1 aliphatic heterocycles. The molecule has 9 nitrogen and oxygen atoms in total. The van der Waals surface area contributed by atoms with Gasteiger partial charge in [0, 0.05) is 12.5 Å². The fraction of sp³-hybridized carbons (Fsp3) is 0.478. The fourth-order valence-corrected chi connectivity index (χ4v) is 3.46. The van der Waals surface area contributed by atoms with Crippen LogP contribution in [0.25, 0.3) is 11.0 Å². The Bertz CT molecular complexity index is 1100. The number of hydrogen-bond acceptors (Lipinski definition) is 8. The number of esters is 1. The van der Waals surface area contributed by atoms with Crippen LogP contribution in [-0.2, 0) is 20.2 Å². The quantitative estimate of drug-likeness (QED) is 0.455. The average Bonchev–Trinajstić information content (AvgIpc) is 3.20. The molecule has 0 saturated carbocycles. The van der Waals surface area contributed by atoms with Crippen molar-refractivity contribution in [3.63, 3.8) is 0 Å². The maximum Gasteiger partial charge on any atom is 0.411 e. The van der Waals surface area contributed by atoms with Crippen LogP contribution in [0.15, 0.2) is 30.9 Å². The highest BCUT2D eigenvalue weighted by Gasteiger charge is 2.44. The molecule has 34 heavy (non-hydrogen) atoms. The topological polar surface area (TPSA) is 100 Å². The van der Waals surface area contributed by atoms with E-state index < -0.39 is 47.3 Å². The average molecular weight is 479 g/mol. The predicted octanol–water partition coefficient (Wildman–Crippen LogP) is 3.85. The number of amides is 1. The number of carbonyl (C=O) groups is 2. The molecule has 0 aliphatic carbocycles. The Balaban J connectivity index is 1.98. The lowest BCUT2D eigenvalue weighted by molar-refractivity contribution is -0.145. The van der Waals surface area contributed by atoms with Crippen LogP contribution in [0.3, 0.4) is 0 Å². The van der Waals surface area contributed by atoms with Gasteiger partial charge in [0.15, 0.2) is 5.69 Å². The summed E-state index contributed by atoms with van der Waals surface area (Å²) in [5, 5.41) is 0. The summed E-state index contributed by atoms with van der Waals surface area (Å²) in [5.41, 5.74) is -1.06. The van der Waals surface area contributed by atoms with Gasteiger partial charge >= 0.3 is 18.0 Å². The Kier molecular flexibility index (Phi) is 6.94. The highest BCUT2D eigenvalue weighted by Crippen LogP contribution is 2.37. The van der Waals surface area contributed by atoms with Crippen LogP contribution in [0.2, 0.25) is 0 Å². The van der Waals surface area contributed by atoms with Crippen molar-refractivity contribution in [3.8, 4) is 11.6 Å². The number of hydrogen-bond donors (Lipinski definition) is 0. The molecule has 1 aromatic carbocycles. The number of methoxy groups -OCH3 is 2. The lowest BCUT2D eigenvalue weighted by Crippen LogP contribution is -2.44. The molecule has 1 amide bonds. The molecule has 0 N–H and O–H groups in total. The molecule has 1 aliphatic rings. The van der Waals surface area contributed by atoms with Crippen molar-refractivity contribution in [2.24, 2.45) is 0 Å². The molecule has 0 bridgehead atoms. The highest BCUT2D eigenvalue weighted by molar-refractivity contribution is 5.82. The van der Waals surface area contributed by atoms with Crippen LogP contribution in [0.5, 0.6) is 11.6 Å². The normalized spacial score (nSPS) is 18.5. The number of rotatable bonds is 6. The second-order valence-electron chi connectivity index (χ2n) is 8.71. The molecule has 2 unspecified atom stereocenters. The van der Waals surface area contributed by atoms with Gasteiger partial charge in [-0.1, -0.05) is 6.58 Å². The van der Waals surface area contributed by atoms with Gasteiger partial charge in [-0.15, -0.1) is 0 Å². The van der Waals surface area contributed by atoms with Crippen molar-refractivity contribution in [3.05, 3.63) is 36.5 Å². The molecule has 1 saturated heterocycles. The first-order valence-corrected chi connectivity index (χ1v) is 10.5. The fourth-order valence-electron chi connectivity index (χ4n) is 3.46. The summed E-state index contributed by atoms with van der Waals surface area (Å²) in [6.45, 7) is 8.13. The molecule has 1 aromatic heterocycles. The van der Waals surface area contributed by atoms with Gasteiger partial charge in [-0.2, -0.15) is 8.78 Å². The van der Waals surface area contributed by atoms with Crippen LogP contribution in [-0.4, -0.2) is 65.4 Å². The highest BCUT2D eigenvalue weighted by atomic mass is 19.3. The molecular formula is C23H27F2N3O6. The van der Waals surface area contributed by atoms with E-state index in [-0.39, 0.29) is 24.0 Å². The van der Waals surface area contributed by atoms with Gasteiger partial charge in [-0.25, -0.2) is 19.6 Å². The van der Waals surface area contributed by atoms with Crippen molar-refractivity contribution in [2.75, 3.05) is 20.8 Å². The summed E-state index contributed by atoms with van der Waals surface area (Å²) in [6.07, 6.45) is -1.17. The summed E-state index contributed by atoms with van der Waals surface area (Å²) in [5.74, 6) is -4.20. The molecular weight excluding hydrogens is 452 g/mol. The molecule has 3 rings (SSSR count). The van der Waals surface area contributed by atoms with Crippen LogP contribution < -0.4 is 9.47 Å². The molecule has 0 radical (unpaired) electrons. The summed E-state index contributed by atoms with van der Waals surface area (Å²) < 4.78 is 50.5. The van der Waals surface area contributed by atoms with Crippen LogP contribution in [0.4, 0.5) is 13.6 Å². The number of fused-ring (bicyclic) bond motifs is 1. The number of alkyl halides is 2. The Morgan fingerprint density at radius 1 is 1.18 bits per heavy atom. The first kappa shape index (κ1) is 25.1. The van der Waals surface area contributed by atoms with E-state index in [0.29, 0.717) is 11.8 Å². The Morgan fingerprint density at radius 2 is 1.88 bits per heavy atom. The van der Waals surface area contributed by atoms with E-state index >= 15 is 0 Å². The van der Waals surface area contributed by atoms with Crippen molar-refractivity contribution in [2.45, 2.75) is 50.9 Å². The Labute approximate surface area is 195 Å². The molecule has 2 atom stereocenters. The van der Waals surface area contributed by atoms with Gasteiger partial charge in [-0.05, 0) is 39.0 Å². The maximum absolute atomic E-state index is 14.7. The van der Waals surface area contributed by atoms with Crippen molar-refractivity contribution in [1.29, 1.82) is 0 Å². The zero-order valence-corrected chi connectivity index (χ0v) is 19.6. The SMILES string of the molecule is C=CC(F)(F)c1nc2ccc(OC)cc2nc1OC1CC(C(=O)OC)N(C(=O)OC(C)(C)C)C1. The lowest BCUT2D eigenvalue weighted by atomic mass is 10.2. The molecule has 2 heterocycles. The number of halogens is 2. The van der Waals surface area contributed by atoms with Gasteiger partial charge in [-0.3, -0.25) is 4.90 Å². The van der Waals surface area contributed by atoms with Gasteiger partial charge in [0.25, 0.3) is 0 Å². The molecule has 11 heteroatoms. The Hall–Kier alpha value is -3.50. The standard InChI is InChI=1S/C23H27F2N3O6/c1-7-23(24,25)18-19(27-16-10-13(31-5)8-9-15(16)26-18)33-14-11-17(20(29)32-6)28(12-14)21(30)34-22(2,3)4/h7-10,14,17H,1,11-12H2,2-6H3. The van der Waals surface area contributed by atoms with Crippen LogP contribution in [0.1, 0.15) is 32.9 Å². The van der Waals surface area contributed by atoms with E-state index in [0.717, 1.165) is 4.90 Å². The summed E-state index contributed by atoms with van der Waals surface area (Å²) in [6, 6.07) is 3.59. The number of allylic oxidation sites excluding steroid dienone is 1. The van der Waals surface area contributed by atoms with Crippen LogP contribution >= 0.6 is 0 Å². The third-order valence-corrected chi connectivity index (χ3v) is 5.05. The summed E-state index contributed by atoms with van der Waals surface area (Å²) in [4.78, 5) is 34.4. The third kappa shape index (κ3) is 5.35. The minimum Gasteiger partial charge on any atom is -0.497 e. The van der Waals surface area contributed by atoms with E-state index in [9.17, 15) is 18.4 Å². The second-order valence-corrected chi connectivity index (χ2v) is 8.71. The molecule has 184 valence electrons. The predicted molar refractivity (Wildman–Crippen MR) is 118 cm³/mol. The summed E-state index contributed by atoms with van der Waals surface area (Å²) >= 11 is 0. The maximum atomic E-state index is 14.7. The van der Waals surface area contributed by atoms with Gasteiger partial charge in [0.2, 0.25) is 5.88 Å². The number of carbonyl (C=O) groups excluding carboxylic acids is 2. The number of likely N-dealkylation sites (tertiary alicyclic amines) is 1.